The van der Waals surface area contributed by atoms with Gasteiger partial charge in [0, 0.05) is 35.7 Å². The molecule has 0 bridgehead atoms. The van der Waals surface area contributed by atoms with Crippen molar-refractivity contribution in [1.29, 1.82) is 0 Å². The molecule has 2 aliphatic rings. The number of hydrogen-bond donors (Lipinski definition) is 1. The van der Waals surface area contributed by atoms with E-state index in [1.807, 2.05) is 24.4 Å². The van der Waals surface area contributed by atoms with Crippen molar-refractivity contribution in [2.24, 2.45) is 5.92 Å². The van der Waals surface area contributed by atoms with Gasteiger partial charge in [0.1, 0.15) is 5.75 Å². The number of piperidine rings is 2. The zero-order valence-electron chi connectivity index (χ0n) is 17.4. The minimum Gasteiger partial charge on any atom is -0.497 e. The van der Waals surface area contributed by atoms with Crippen molar-refractivity contribution < 1.29 is 9.53 Å². The Morgan fingerprint density at radius 2 is 2.04 bits per heavy atom. The predicted octanol–water partition coefficient (Wildman–Crippen LogP) is 4.23. The molecule has 0 aliphatic carbocycles. The summed E-state index contributed by atoms with van der Waals surface area (Å²) < 4.78 is 7.57. The summed E-state index contributed by atoms with van der Waals surface area (Å²) in [7, 11) is 1.67. The van der Waals surface area contributed by atoms with Gasteiger partial charge in [-0.3, -0.25) is 4.79 Å². The van der Waals surface area contributed by atoms with E-state index in [2.05, 4.69) is 28.6 Å². The van der Waals surface area contributed by atoms with Crippen molar-refractivity contribution in [1.82, 2.24) is 14.8 Å². The lowest BCUT2D eigenvalue weighted by atomic mass is 9.83. The molecule has 4 rings (SSSR count). The lowest BCUT2D eigenvalue weighted by Gasteiger charge is -2.44. The van der Waals surface area contributed by atoms with Crippen molar-refractivity contribution in [3.8, 4) is 5.75 Å². The van der Waals surface area contributed by atoms with Gasteiger partial charge >= 0.3 is 0 Å². The van der Waals surface area contributed by atoms with Gasteiger partial charge in [-0.2, -0.15) is 0 Å². The van der Waals surface area contributed by atoms with Crippen LogP contribution in [0.4, 0.5) is 0 Å². The van der Waals surface area contributed by atoms with Gasteiger partial charge in [-0.15, -0.1) is 0 Å². The first-order chi connectivity index (χ1) is 13.6. The van der Waals surface area contributed by atoms with Gasteiger partial charge in [-0.05, 0) is 76.7 Å². The molecule has 3 heterocycles. The maximum atomic E-state index is 13.1. The fraction of sp³-hybridized carbons (Fsp3) is 0.609. The number of rotatable bonds is 5. The topological polar surface area (TPSA) is 46.5 Å². The average Bonchev–Trinajstić information content (AvgIpc) is 3.11. The van der Waals surface area contributed by atoms with Crippen LogP contribution in [0.15, 0.2) is 24.4 Å². The minimum atomic E-state index is 0.0329. The third-order valence-corrected chi connectivity index (χ3v) is 6.59. The van der Waals surface area contributed by atoms with Gasteiger partial charge in [-0.25, -0.2) is 0 Å². The van der Waals surface area contributed by atoms with E-state index < -0.39 is 0 Å². The molecule has 0 saturated carbocycles. The van der Waals surface area contributed by atoms with E-state index in [1.54, 1.807) is 7.11 Å². The van der Waals surface area contributed by atoms with Gasteiger partial charge in [0.05, 0.1) is 12.7 Å². The Kier molecular flexibility index (Phi) is 5.63. The molecular weight excluding hydrogens is 350 g/mol. The summed E-state index contributed by atoms with van der Waals surface area (Å²) in [5, 5.41) is 4.23. The van der Waals surface area contributed by atoms with Crippen molar-refractivity contribution >= 4 is 16.8 Å². The fourth-order valence-corrected chi connectivity index (χ4v) is 5.10. The Morgan fingerprint density at radius 1 is 1.21 bits per heavy atom. The summed E-state index contributed by atoms with van der Waals surface area (Å²) in [6.45, 7) is 7.53. The van der Waals surface area contributed by atoms with Crippen molar-refractivity contribution in [2.75, 3.05) is 26.7 Å². The van der Waals surface area contributed by atoms with Crippen LogP contribution in [0.5, 0.6) is 5.75 Å². The molecule has 28 heavy (non-hydrogen) atoms. The highest BCUT2D eigenvalue weighted by molar-refractivity contribution is 6.07. The van der Waals surface area contributed by atoms with E-state index in [-0.39, 0.29) is 5.91 Å². The number of hydrogen-bond acceptors (Lipinski definition) is 3. The van der Waals surface area contributed by atoms with Gasteiger partial charge in [-0.1, -0.05) is 6.42 Å². The monoisotopic (exact) mass is 383 g/mol. The largest absolute Gasteiger partial charge is 0.497 e. The van der Waals surface area contributed by atoms with Gasteiger partial charge in [0.15, 0.2) is 0 Å². The summed E-state index contributed by atoms with van der Waals surface area (Å²) in [6.07, 6.45) is 8.41. The Hall–Kier alpha value is -2.01. The first kappa shape index (κ1) is 19.3. The molecule has 1 aromatic heterocycles. The molecule has 1 aromatic carbocycles. The molecule has 2 saturated heterocycles. The van der Waals surface area contributed by atoms with Crippen molar-refractivity contribution in [3.63, 3.8) is 0 Å². The molecule has 152 valence electrons. The highest BCUT2D eigenvalue weighted by Gasteiger charge is 2.33. The molecule has 0 spiro atoms. The number of carbonyl (C=O) groups is 1. The number of aromatic nitrogens is 1. The maximum Gasteiger partial charge on any atom is 0.253 e. The smallest absolute Gasteiger partial charge is 0.253 e. The van der Waals surface area contributed by atoms with E-state index in [1.165, 1.54) is 45.2 Å². The Balaban J connectivity index is 1.53. The minimum absolute atomic E-state index is 0.0329. The molecule has 2 fully saturated rings. The second-order valence-electron chi connectivity index (χ2n) is 8.64. The van der Waals surface area contributed by atoms with E-state index in [0.29, 0.717) is 18.0 Å². The van der Waals surface area contributed by atoms with Gasteiger partial charge in [0.25, 0.3) is 5.91 Å². The Labute approximate surface area is 168 Å². The van der Waals surface area contributed by atoms with Crippen molar-refractivity contribution in [3.05, 3.63) is 30.0 Å². The first-order valence-corrected chi connectivity index (χ1v) is 10.8. The number of nitrogens with one attached hydrogen (secondary N) is 1. The van der Waals surface area contributed by atoms with Gasteiger partial charge < -0.3 is 19.5 Å². The lowest BCUT2D eigenvalue weighted by molar-refractivity contribution is 0.0576. The zero-order valence-corrected chi connectivity index (χ0v) is 17.4. The van der Waals surface area contributed by atoms with Crippen LogP contribution in [0.25, 0.3) is 10.9 Å². The van der Waals surface area contributed by atoms with Crippen LogP contribution in [0.3, 0.4) is 0 Å². The van der Waals surface area contributed by atoms with Crippen LogP contribution in [0.2, 0.25) is 0 Å². The number of amides is 1. The Morgan fingerprint density at radius 3 is 2.82 bits per heavy atom. The first-order valence-electron chi connectivity index (χ1n) is 10.8. The number of nitrogens with zero attached hydrogens (tertiary/aromatic N) is 2. The average molecular weight is 384 g/mol. The molecule has 0 unspecified atom stereocenters. The fourth-order valence-electron chi connectivity index (χ4n) is 5.10. The SMILES string of the molecule is COc1ccc2c(c1)c(C(=O)NC[C@H]1CCCN3CCCC[C@H]13)cn2C(C)C. The van der Waals surface area contributed by atoms with Gasteiger partial charge in [0.2, 0.25) is 0 Å². The number of carbonyl (C=O) groups excluding carboxylic acids is 1. The zero-order chi connectivity index (χ0) is 19.7. The highest BCUT2D eigenvalue weighted by Crippen LogP contribution is 2.31. The molecule has 2 aliphatic heterocycles. The molecule has 5 nitrogen and oxygen atoms in total. The van der Waals surface area contributed by atoms with Crippen LogP contribution in [0, 0.1) is 5.92 Å². The highest BCUT2D eigenvalue weighted by atomic mass is 16.5. The quantitative estimate of drug-likeness (QED) is 0.841. The molecule has 1 amide bonds. The van der Waals surface area contributed by atoms with E-state index in [0.717, 1.165) is 28.8 Å². The van der Waals surface area contributed by atoms with E-state index in [4.69, 9.17) is 4.74 Å². The second-order valence-corrected chi connectivity index (χ2v) is 8.64. The third kappa shape index (κ3) is 3.64. The van der Waals surface area contributed by atoms with E-state index in [9.17, 15) is 4.79 Å². The number of benzene rings is 1. The molecule has 2 aromatic rings. The summed E-state index contributed by atoms with van der Waals surface area (Å²) in [6, 6.07) is 6.94. The molecule has 0 radical (unpaired) electrons. The van der Waals surface area contributed by atoms with Crippen LogP contribution >= 0.6 is 0 Å². The van der Waals surface area contributed by atoms with Crippen molar-refractivity contribution in [2.45, 2.75) is 58.0 Å². The Bertz CT molecular complexity index is 840. The third-order valence-electron chi connectivity index (χ3n) is 6.59. The summed E-state index contributed by atoms with van der Waals surface area (Å²) in [4.78, 5) is 15.8. The van der Waals surface area contributed by atoms with Crippen LogP contribution in [-0.4, -0.2) is 48.2 Å². The predicted molar refractivity (Wildman–Crippen MR) is 113 cm³/mol. The standard InChI is InChI=1S/C23H33N3O2/c1-16(2)26-15-20(19-13-18(28-3)9-10-22(19)26)23(27)24-14-17-7-6-12-25-11-5-4-8-21(17)25/h9-10,13,15-17,21H,4-8,11-12,14H2,1-3H3,(H,24,27)/t17-,21-/m1/s1. The molecule has 2 atom stereocenters. The van der Waals surface area contributed by atoms with E-state index >= 15 is 0 Å². The normalized spacial score (nSPS) is 23.0. The summed E-state index contributed by atoms with van der Waals surface area (Å²) >= 11 is 0. The van der Waals surface area contributed by atoms with Crippen LogP contribution in [0.1, 0.15) is 62.4 Å². The summed E-state index contributed by atoms with van der Waals surface area (Å²) in [5.41, 5.74) is 1.83. The lowest BCUT2D eigenvalue weighted by Crippen LogP contribution is -2.51. The number of methoxy groups -OCH3 is 1. The second kappa shape index (κ2) is 8.16. The van der Waals surface area contributed by atoms with Crippen LogP contribution in [-0.2, 0) is 0 Å². The molecular formula is C23H33N3O2. The molecule has 5 heteroatoms. The number of fused-ring (bicyclic) bond motifs is 2. The number of ether oxygens (including phenoxy) is 1. The van der Waals surface area contributed by atoms with Crippen LogP contribution < -0.4 is 10.1 Å². The summed E-state index contributed by atoms with van der Waals surface area (Å²) in [5.74, 6) is 1.39. The molecule has 1 N–H and O–H groups in total. The maximum absolute atomic E-state index is 13.1.